The van der Waals surface area contributed by atoms with Gasteiger partial charge >= 0.3 is 0 Å². The first-order valence-electron chi connectivity index (χ1n) is 10.3. The molecule has 146 valence electrons. The molecule has 26 heavy (non-hydrogen) atoms. The Morgan fingerprint density at radius 3 is 2.65 bits per heavy atom. The van der Waals surface area contributed by atoms with Crippen LogP contribution in [0.5, 0.6) is 0 Å². The van der Waals surface area contributed by atoms with Crippen LogP contribution < -0.4 is 0 Å². The van der Waals surface area contributed by atoms with Gasteiger partial charge in [-0.05, 0) is 70.0 Å². The Labute approximate surface area is 157 Å². The van der Waals surface area contributed by atoms with E-state index in [1.807, 2.05) is 13.1 Å². The zero-order valence-corrected chi connectivity index (χ0v) is 16.5. The Kier molecular flexibility index (Phi) is 5.12. The van der Waals surface area contributed by atoms with Crippen LogP contribution in [0.4, 0.5) is 0 Å². The van der Waals surface area contributed by atoms with E-state index in [-0.39, 0.29) is 0 Å². The molecule has 3 aliphatic rings. The van der Waals surface area contributed by atoms with Gasteiger partial charge in [0.05, 0.1) is 6.20 Å². The fourth-order valence-corrected chi connectivity index (χ4v) is 5.63. The van der Waals surface area contributed by atoms with Gasteiger partial charge in [-0.15, -0.1) is 0 Å². The number of hydrogen-bond donors (Lipinski definition) is 1. The topological polar surface area (TPSA) is 53.8 Å². The maximum Gasteiger partial charge on any atom is 0.216 e. The van der Waals surface area contributed by atoms with Crippen LogP contribution in [0.2, 0.25) is 0 Å². The molecule has 2 aliphatic heterocycles. The molecule has 6 heteroatoms. The summed E-state index contributed by atoms with van der Waals surface area (Å²) in [5, 5.41) is 14.5. The molecule has 0 aromatic carbocycles. The molecule has 4 rings (SSSR count). The number of nitrogens with zero attached hydrogens (tertiary/aromatic N) is 4. The second-order valence-corrected chi connectivity index (χ2v) is 8.71. The first-order chi connectivity index (χ1) is 12.5. The molecule has 0 amide bonds. The summed E-state index contributed by atoms with van der Waals surface area (Å²) in [6.45, 7) is 9.07. The van der Waals surface area contributed by atoms with E-state index in [4.69, 9.17) is 4.74 Å². The van der Waals surface area contributed by atoms with Crippen molar-refractivity contribution in [3.05, 3.63) is 17.5 Å². The van der Waals surface area contributed by atoms with Crippen LogP contribution >= 0.6 is 0 Å². The number of ether oxygens (including phenoxy) is 1. The number of likely N-dealkylation sites (tertiary alicyclic amines) is 2. The van der Waals surface area contributed by atoms with Crippen LogP contribution in [-0.4, -0.2) is 69.9 Å². The molecule has 0 bridgehead atoms. The highest BCUT2D eigenvalue weighted by atomic mass is 16.6. The van der Waals surface area contributed by atoms with Gasteiger partial charge in [0.2, 0.25) is 6.41 Å². The minimum atomic E-state index is -0.712. The number of hydrogen-bond acceptors (Lipinski definition) is 5. The van der Waals surface area contributed by atoms with Gasteiger partial charge in [0.15, 0.2) is 0 Å². The Bertz CT molecular complexity index is 598. The molecule has 1 aromatic rings. The third kappa shape index (κ3) is 3.33. The summed E-state index contributed by atoms with van der Waals surface area (Å²) in [4.78, 5) is 4.83. The average molecular weight is 363 g/mol. The Balaban J connectivity index is 1.26. The van der Waals surface area contributed by atoms with Crippen molar-refractivity contribution in [2.24, 2.45) is 12.5 Å². The van der Waals surface area contributed by atoms with Crippen molar-refractivity contribution in [2.45, 2.75) is 64.3 Å². The van der Waals surface area contributed by atoms with Crippen molar-refractivity contribution < 1.29 is 9.84 Å². The van der Waals surface area contributed by atoms with Gasteiger partial charge in [0.25, 0.3) is 0 Å². The molecule has 3 fully saturated rings. The van der Waals surface area contributed by atoms with Crippen molar-refractivity contribution in [2.75, 3.05) is 32.8 Å². The summed E-state index contributed by atoms with van der Waals surface area (Å²) in [5.41, 5.74) is 3.21. The van der Waals surface area contributed by atoms with Gasteiger partial charge in [-0.1, -0.05) is 0 Å². The Morgan fingerprint density at radius 1 is 1.31 bits per heavy atom. The highest BCUT2D eigenvalue weighted by Gasteiger charge is 2.51. The highest BCUT2D eigenvalue weighted by molar-refractivity contribution is 5.21. The van der Waals surface area contributed by atoms with Gasteiger partial charge in [-0.3, -0.25) is 9.58 Å². The summed E-state index contributed by atoms with van der Waals surface area (Å²) >= 11 is 0. The average Bonchev–Trinajstić information content (AvgIpc) is 3.19. The fourth-order valence-electron chi connectivity index (χ4n) is 5.63. The number of piperidine rings is 1. The molecule has 0 radical (unpaired) electrons. The van der Waals surface area contributed by atoms with Gasteiger partial charge < -0.3 is 14.7 Å². The quantitative estimate of drug-likeness (QED) is 0.813. The van der Waals surface area contributed by atoms with E-state index in [9.17, 15) is 5.11 Å². The second kappa shape index (κ2) is 7.23. The summed E-state index contributed by atoms with van der Waals surface area (Å²) in [5.74, 6) is 0.663. The predicted molar refractivity (Wildman–Crippen MR) is 101 cm³/mol. The molecule has 1 spiro atoms. The van der Waals surface area contributed by atoms with Gasteiger partial charge in [-0.25, -0.2) is 0 Å². The second-order valence-electron chi connectivity index (χ2n) is 8.71. The van der Waals surface area contributed by atoms with Gasteiger partial charge in [-0.2, -0.15) is 5.10 Å². The van der Waals surface area contributed by atoms with Crippen LogP contribution in [0.25, 0.3) is 0 Å². The zero-order chi connectivity index (χ0) is 18.3. The van der Waals surface area contributed by atoms with Crippen molar-refractivity contribution in [3.63, 3.8) is 0 Å². The first-order valence-corrected chi connectivity index (χ1v) is 10.3. The van der Waals surface area contributed by atoms with Crippen molar-refractivity contribution in [1.82, 2.24) is 19.6 Å². The number of aryl methyl sites for hydroxylation is 2. The molecule has 6 nitrogen and oxygen atoms in total. The number of aliphatic hydroxyl groups is 1. The van der Waals surface area contributed by atoms with Crippen molar-refractivity contribution >= 4 is 0 Å². The monoisotopic (exact) mass is 362 g/mol. The minimum Gasteiger partial charge on any atom is -0.356 e. The normalized spacial score (nSPS) is 32.2. The molecule has 2 saturated heterocycles. The summed E-state index contributed by atoms with van der Waals surface area (Å²) in [6.07, 6.45) is 7.57. The van der Waals surface area contributed by atoms with Crippen LogP contribution in [0.1, 0.15) is 56.2 Å². The Morgan fingerprint density at radius 2 is 2.04 bits per heavy atom. The standard InChI is InChI=1S/C20H34N4O2/c1-4-26-19(25)24-10-7-20(14-24)11-17(12-20)23-8-5-16(6-9-23)18-15(2)13-21-22(18)3/h13,16-17,19,25H,4-12,14H2,1-3H3. The minimum absolute atomic E-state index is 0.429. The molecule has 3 heterocycles. The summed E-state index contributed by atoms with van der Waals surface area (Å²) in [6, 6.07) is 0.743. The lowest BCUT2D eigenvalue weighted by atomic mass is 9.64. The molecule has 1 atom stereocenters. The molecule has 1 aromatic heterocycles. The molecule has 1 N–H and O–H groups in total. The number of aliphatic hydroxyl groups excluding tert-OH is 1. The van der Waals surface area contributed by atoms with Crippen molar-refractivity contribution in [3.8, 4) is 0 Å². The predicted octanol–water partition coefficient (Wildman–Crippen LogP) is 2.07. The van der Waals surface area contributed by atoms with E-state index < -0.39 is 6.41 Å². The SMILES string of the molecule is CCOC(O)N1CCC2(CC(N3CCC(c4c(C)cnn4C)CC3)C2)C1. The van der Waals surface area contributed by atoms with E-state index in [2.05, 4.69) is 33.6 Å². The lowest BCUT2D eigenvalue weighted by Gasteiger charge is -2.52. The molecule has 1 unspecified atom stereocenters. The first kappa shape index (κ1) is 18.4. The lowest BCUT2D eigenvalue weighted by molar-refractivity contribution is -0.188. The maximum absolute atomic E-state index is 10.1. The highest BCUT2D eigenvalue weighted by Crippen LogP contribution is 2.51. The van der Waals surface area contributed by atoms with Crippen LogP contribution in [0.15, 0.2) is 6.20 Å². The van der Waals surface area contributed by atoms with E-state index in [0.717, 1.165) is 19.1 Å². The van der Waals surface area contributed by atoms with Crippen LogP contribution in [-0.2, 0) is 11.8 Å². The molecule has 1 aliphatic carbocycles. The van der Waals surface area contributed by atoms with Crippen molar-refractivity contribution in [1.29, 1.82) is 0 Å². The van der Waals surface area contributed by atoms with Crippen LogP contribution in [0, 0.1) is 12.3 Å². The lowest BCUT2D eigenvalue weighted by Crippen LogP contribution is -2.54. The summed E-state index contributed by atoms with van der Waals surface area (Å²) < 4.78 is 7.44. The third-order valence-electron chi connectivity index (χ3n) is 7.04. The van der Waals surface area contributed by atoms with Gasteiger partial charge in [0.1, 0.15) is 0 Å². The van der Waals surface area contributed by atoms with Crippen LogP contribution in [0.3, 0.4) is 0 Å². The largest absolute Gasteiger partial charge is 0.356 e. The van der Waals surface area contributed by atoms with E-state index in [0.29, 0.717) is 17.9 Å². The van der Waals surface area contributed by atoms with E-state index in [1.54, 1.807) is 0 Å². The van der Waals surface area contributed by atoms with E-state index >= 15 is 0 Å². The third-order valence-corrected chi connectivity index (χ3v) is 7.04. The number of aromatic nitrogens is 2. The molecule has 1 saturated carbocycles. The maximum atomic E-state index is 10.1. The number of rotatable bonds is 5. The van der Waals surface area contributed by atoms with E-state index in [1.165, 1.54) is 56.5 Å². The molecular weight excluding hydrogens is 328 g/mol. The molecular formula is C20H34N4O2. The Hall–Kier alpha value is -0.950. The fraction of sp³-hybridized carbons (Fsp3) is 0.850. The summed E-state index contributed by atoms with van der Waals surface area (Å²) in [7, 11) is 2.08. The smallest absolute Gasteiger partial charge is 0.216 e. The van der Waals surface area contributed by atoms with Gasteiger partial charge in [0, 0.05) is 44.4 Å². The zero-order valence-electron chi connectivity index (χ0n) is 16.5.